The summed E-state index contributed by atoms with van der Waals surface area (Å²) in [7, 11) is 1.74. The zero-order valence-electron chi connectivity index (χ0n) is 11.1. The van der Waals surface area contributed by atoms with Crippen LogP contribution >= 0.6 is 27.3 Å². The molecule has 7 heteroatoms. The van der Waals surface area contributed by atoms with E-state index >= 15 is 0 Å². The largest absolute Gasteiger partial charge is 0.382 e. The summed E-state index contributed by atoms with van der Waals surface area (Å²) in [5, 5.41) is 6.42. The first-order chi connectivity index (χ1) is 9.51. The summed E-state index contributed by atoms with van der Waals surface area (Å²) in [5.74, 6) is 0.0387. The first kappa shape index (κ1) is 14.8. The summed E-state index contributed by atoms with van der Waals surface area (Å²) in [6.07, 6.45) is 0. The van der Waals surface area contributed by atoms with E-state index in [9.17, 15) is 4.79 Å². The molecule has 0 fully saturated rings. The third-order valence-electron chi connectivity index (χ3n) is 2.79. The van der Waals surface area contributed by atoms with Gasteiger partial charge in [0.15, 0.2) is 5.13 Å². The first-order valence-corrected chi connectivity index (χ1v) is 7.62. The molecule has 2 rings (SSSR count). The van der Waals surface area contributed by atoms with Gasteiger partial charge in [-0.05, 0) is 24.6 Å². The van der Waals surface area contributed by atoms with Crippen molar-refractivity contribution in [3.63, 3.8) is 0 Å². The highest BCUT2D eigenvalue weighted by atomic mass is 79.9. The number of hydrogen-bond acceptors (Lipinski definition) is 5. The number of carbonyl (C=O) groups is 1. The quantitative estimate of drug-likeness (QED) is 0.788. The lowest BCUT2D eigenvalue weighted by molar-refractivity contribution is 0.0944. The minimum absolute atomic E-state index is 0.102. The fourth-order valence-corrected chi connectivity index (χ4v) is 2.70. The molecular formula is C13H15BrN4OS. The third kappa shape index (κ3) is 3.29. The van der Waals surface area contributed by atoms with Gasteiger partial charge in [0.1, 0.15) is 10.7 Å². The van der Waals surface area contributed by atoms with E-state index in [2.05, 4.69) is 31.5 Å². The second-order valence-electron chi connectivity index (χ2n) is 4.23. The van der Waals surface area contributed by atoms with Crippen molar-refractivity contribution in [1.29, 1.82) is 0 Å². The van der Waals surface area contributed by atoms with Crippen LogP contribution in [0.25, 0.3) is 0 Å². The molecule has 1 heterocycles. The molecule has 1 aromatic heterocycles. The number of halogens is 1. The van der Waals surface area contributed by atoms with Crippen molar-refractivity contribution in [3.8, 4) is 0 Å². The van der Waals surface area contributed by atoms with E-state index < -0.39 is 0 Å². The molecule has 0 aliphatic rings. The molecule has 1 atom stereocenters. The maximum atomic E-state index is 12.2. The Kier molecular flexibility index (Phi) is 4.61. The smallest absolute Gasteiger partial charge is 0.265 e. The van der Waals surface area contributed by atoms with Gasteiger partial charge in [-0.15, -0.1) is 0 Å². The van der Waals surface area contributed by atoms with Crippen LogP contribution in [0.5, 0.6) is 0 Å². The Hall–Kier alpha value is -1.60. The molecule has 0 saturated carbocycles. The van der Waals surface area contributed by atoms with E-state index in [1.807, 2.05) is 31.2 Å². The molecule has 0 aliphatic carbocycles. The van der Waals surface area contributed by atoms with Gasteiger partial charge < -0.3 is 16.4 Å². The van der Waals surface area contributed by atoms with Crippen LogP contribution in [-0.2, 0) is 0 Å². The average molecular weight is 355 g/mol. The molecule has 5 nitrogen and oxygen atoms in total. The number of rotatable bonds is 4. The van der Waals surface area contributed by atoms with Crippen LogP contribution in [0.2, 0.25) is 0 Å². The highest BCUT2D eigenvalue weighted by molar-refractivity contribution is 9.10. The maximum Gasteiger partial charge on any atom is 0.265 e. The molecule has 0 spiro atoms. The molecule has 1 aromatic carbocycles. The van der Waals surface area contributed by atoms with Crippen molar-refractivity contribution in [2.75, 3.05) is 18.1 Å². The van der Waals surface area contributed by atoms with Crippen molar-refractivity contribution in [3.05, 3.63) is 39.2 Å². The van der Waals surface area contributed by atoms with Crippen LogP contribution in [0.15, 0.2) is 28.7 Å². The third-order valence-corrected chi connectivity index (χ3v) is 4.41. The molecule has 1 amide bonds. The number of nitrogens with two attached hydrogens (primary N) is 1. The predicted octanol–water partition coefficient (Wildman–Crippen LogP) is 3.02. The number of nitrogens with zero attached hydrogens (tertiary/aromatic N) is 1. The zero-order chi connectivity index (χ0) is 14.7. The summed E-state index contributed by atoms with van der Waals surface area (Å²) in [5.41, 5.74) is 6.77. The Morgan fingerprint density at radius 1 is 1.40 bits per heavy atom. The van der Waals surface area contributed by atoms with Crippen molar-refractivity contribution in [2.24, 2.45) is 0 Å². The van der Waals surface area contributed by atoms with Gasteiger partial charge in [0.05, 0.1) is 6.04 Å². The van der Waals surface area contributed by atoms with E-state index in [1.165, 1.54) is 11.3 Å². The van der Waals surface area contributed by atoms with Crippen LogP contribution < -0.4 is 16.4 Å². The Morgan fingerprint density at radius 3 is 2.60 bits per heavy atom. The molecule has 0 saturated heterocycles. The van der Waals surface area contributed by atoms with Gasteiger partial charge in [-0.1, -0.05) is 39.4 Å². The Bertz CT molecular complexity index is 611. The van der Waals surface area contributed by atoms with Crippen molar-refractivity contribution in [2.45, 2.75) is 13.0 Å². The van der Waals surface area contributed by atoms with Crippen LogP contribution in [-0.4, -0.2) is 17.9 Å². The lowest BCUT2D eigenvalue weighted by atomic mass is 10.1. The summed E-state index contributed by atoms with van der Waals surface area (Å²) >= 11 is 4.63. The summed E-state index contributed by atoms with van der Waals surface area (Å²) in [6, 6.07) is 7.71. The van der Waals surface area contributed by atoms with Crippen LogP contribution in [0, 0.1) is 0 Å². The number of carbonyl (C=O) groups excluding carboxylic acids is 1. The van der Waals surface area contributed by atoms with E-state index in [4.69, 9.17) is 5.73 Å². The van der Waals surface area contributed by atoms with Crippen LogP contribution in [0.1, 0.15) is 28.2 Å². The first-order valence-electron chi connectivity index (χ1n) is 6.01. The van der Waals surface area contributed by atoms with E-state index in [0.29, 0.717) is 10.0 Å². The number of anilines is 2. The summed E-state index contributed by atoms with van der Waals surface area (Å²) in [4.78, 5) is 16.7. The fourth-order valence-electron chi connectivity index (χ4n) is 1.70. The molecule has 20 heavy (non-hydrogen) atoms. The van der Waals surface area contributed by atoms with Gasteiger partial charge in [-0.3, -0.25) is 4.79 Å². The zero-order valence-corrected chi connectivity index (χ0v) is 13.5. The monoisotopic (exact) mass is 354 g/mol. The number of nitrogens with one attached hydrogen (secondary N) is 2. The number of aromatic nitrogens is 1. The van der Waals surface area contributed by atoms with Gasteiger partial charge in [0.25, 0.3) is 5.91 Å². The number of thiazole rings is 1. The van der Waals surface area contributed by atoms with Gasteiger partial charge in [0, 0.05) is 11.5 Å². The van der Waals surface area contributed by atoms with Crippen molar-refractivity contribution >= 4 is 44.1 Å². The van der Waals surface area contributed by atoms with Crippen molar-refractivity contribution in [1.82, 2.24) is 10.3 Å². The Balaban J connectivity index is 2.10. The molecule has 0 bridgehead atoms. The molecular weight excluding hydrogens is 340 g/mol. The second kappa shape index (κ2) is 6.23. The average Bonchev–Trinajstić information content (AvgIpc) is 2.80. The lowest BCUT2D eigenvalue weighted by Crippen LogP contribution is -2.26. The highest BCUT2D eigenvalue weighted by Gasteiger charge is 2.18. The van der Waals surface area contributed by atoms with Gasteiger partial charge in [-0.25, -0.2) is 4.98 Å². The van der Waals surface area contributed by atoms with Gasteiger partial charge >= 0.3 is 0 Å². The summed E-state index contributed by atoms with van der Waals surface area (Å²) < 4.78 is 1.00. The molecule has 0 aliphatic heterocycles. The SMILES string of the molecule is CNc1nc(N)c(C(=O)NC(C)c2ccc(Br)cc2)s1. The molecule has 1 unspecified atom stereocenters. The predicted molar refractivity (Wildman–Crippen MR) is 86.1 cm³/mol. The van der Waals surface area contributed by atoms with Crippen molar-refractivity contribution < 1.29 is 4.79 Å². The Labute approximate surface area is 129 Å². The minimum atomic E-state index is -0.211. The van der Waals surface area contributed by atoms with E-state index in [-0.39, 0.29) is 17.8 Å². The highest BCUT2D eigenvalue weighted by Crippen LogP contribution is 2.25. The minimum Gasteiger partial charge on any atom is -0.382 e. The molecule has 0 radical (unpaired) electrons. The number of nitrogen functional groups attached to an aromatic ring is 1. The topological polar surface area (TPSA) is 80.0 Å². The molecule has 4 N–H and O–H groups in total. The normalized spacial score (nSPS) is 11.9. The molecule has 2 aromatic rings. The maximum absolute atomic E-state index is 12.2. The lowest BCUT2D eigenvalue weighted by Gasteiger charge is -2.13. The van der Waals surface area contributed by atoms with E-state index in [1.54, 1.807) is 7.05 Å². The Morgan fingerprint density at radius 2 is 2.05 bits per heavy atom. The number of amides is 1. The standard InChI is InChI=1S/C13H15BrN4OS/c1-7(8-3-5-9(14)6-4-8)17-12(19)10-11(15)18-13(16-2)20-10/h3-7H,15H2,1-2H3,(H,16,18)(H,17,19). The van der Waals surface area contributed by atoms with Crippen LogP contribution in [0.3, 0.4) is 0 Å². The number of hydrogen-bond donors (Lipinski definition) is 3. The molecule has 106 valence electrons. The second-order valence-corrected chi connectivity index (χ2v) is 6.14. The fraction of sp³-hybridized carbons (Fsp3) is 0.231. The number of benzene rings is 1. The van der Waals surface area contributed by atoms with Gasteiger partial charge in [-0.2, -0.15) is 0 Å². The van der Waals surface area contributed by atoms with Gasteiger partial charge in [0.2, 0.25) is 0 Å². The van der Waals surface area contributed by atoms with Crippen LogP contribution in [0.4, 0.5) is 10.9 Å². The van der Waals surface area contributed by atoms with E-state index in [0.717, 1.165) is 10.0 Å². The summed E-state index contributed by atoms with van der Waals surface area (Å²) in [6.45, 7) is 1.93.